The smallest absolute Gasteiger partial charge is 0.338 e. The van der Waals surface area contributed by atoms with Crippen molar-refractivity contribution in [1.29, 1.82) is 0 Å². The van der Waals surface area contributed by atoms with Gasteiger partial charge < -0.3 is 10.1 Å². The maximum atomic E-state index is 11.8. The normalized spacial score (nSPS) is 10.5. The van der Waals surface area contributed by atoms with Crippen molar-refractivity contribution in [3.05, 3.63) is 65.6 Å². The van der Waals surface area contributed by atoms with Gasteiger partial charge in [0.15, 0.2) is 0 Å². The third-order valence-corrected chi connectivity index (χ3v) is 3.97. The molecular weight excluding hydrogens is 316 g/mol. The predicted octanol–water partition coefficient (Wildman–Crippen LogP) is 3.19. The molecular formula is C19H20N4O2. The third-order valence-electron chi connectivity index (χ3n) is 3.97. The zero-order valence-corrected chi connectivity index (χ0v) is 14.5. The van der Waals surface area contributed by atoms with Crippen LogP contribution in [-0.2, 0) is 18.3 Å². The molecule has 2 aromatic heterocycles. The number of anilines is 1. The Balaban J connectivity index is 1.82. The van der Waals surface area contributed by atoms with E-state index in [4.69, 9.17) is 4.74 Å². The fourth-order valence-corrected chi connectivity index (χ4v) is 2.67. The molecule has 0 bridgehead atoms. The molecule has 25 heavy (non-hydrogen) atoms. The van der Waals surface area contributed by atoms with Crippen LogP contribution in [0.15, 0.2) is 48.9 Å². The number of carbonyl (C=O) groups excluding carboxylic acids is 1. The summed E-state index contributed by atoms with van der Waals surface area (Å²) >= 11 is 0. The minimum atomic E-state index is -0.335. The lowest BCUT2D eigenvalue weighted by molar-refractivity contribution is 0.0600. The fraction of sp³-hybridized carbons (Fsp3) is 0.211. The summed E-state index contributed by atoms with van der Waals surface area (Å²) in [6.07, 6.45) is 5.52. The molecule has 0 saturated carbocycles. The Hall–Kier alpha value is -3.15. The zero-order valence-electron chi connectivity index (χ0n) is 14.5. The van der Waals surface area contributed by atoms with Gasteiger partial charge in [0.25, 0.3) is 0 Å². The van der Waals surface area contributed by atoms with Gasteiger partial charge in [0.05, 0.1) is 18.4 Å². The number of esters is 1. The minimum Gasteiger partial charge on any atom is -0.465 e. The van der Waals surface area contributed by atoms with Gasteiger partial charge in [0, 0.05) is 49.0 Å². The van der Waals surface area contributed by atoms with Gasteiger partial charge in [-0.1, -0.05) is 6.07 Å². The van der Waals surface area contributed by atoms with Gasteiger partial charge in [-0.15, -0.1) is 0 Å². The summed E-state index contributed by atoms with van der Waals surface area (Å²) in [6, 6.07) is 9.53. The lowest BCUT2D eigenvalue weighted by Crippen LogP contribution is -2.06. The molecule has 0 saturated heterocycles. The van der Waals surface area contributed by atoms with Crippen LogP contribution in [0, 0.1) is 6.92 Å². The number of nitrogens with zero attached hydrogens (tertiary/aromatic N) is 3. The highest BCUT2D eigenvalue weighted by Crippen LogP contribution is 2.23. The molecule has 6 heteroatoms. The van der Waals surface area contributed by atoms with Gasteiger partial charge in [0.2, 0.25) is 0 Å². The number of hydrogen-bond donors (Lipinski definition) is 1. The van der Waals surface area contributed by atoms with Crippen LogP contribution < -0.4 is 5.32 Å². The second-order valence-corrected chi connectivity index (χ2v) is 5.79. The highest BCUT2D eigenvalue weighted by atomic mass is 16.5. The first-order valence-corrected chi connectivity index (χ1v) is 7.94. The molecule has 0 spiro atoms. The van der Waals surface area contributed by atoms with Crippen LogP contribution in [0.3, 0.4) is 0 Å². The molecule has 0 radical (unpaired) electrons. The van der Waals surface area contributed by atoms with Gasteiger partial charge in [-0.3, -0.25) is 9.67 Å². The Bertz CT molecular complexity index is 888. The van der Waals surface area contributed by atoms with E-state index in [1.165, 1.54) is 7.11 Å². The molecule has 1 N–H and O–H groups in total. The molecule has 0 unspecified atom stereocenters. The molecule has 0 amide bonds. The maximum absolute atomic E-state index is 11.8. The molecule has 0 fully saturated rings. The molecule has 6 nitrogen and oxygen atoms in total. The lowest BCUT2D eigenvalue weighted by Gasteiger charge is -2.10. The van der Waals surface area contributed by atoms with Crippen molar-refractivity contribution in [1.82, 2.24) is 14.8 Å². The molecule has 2 heterocycles. The van der Waals surface area contributed by atoms with Crippen LogP contribution in [0.1, 0.15) is 21.5 Å². The fourth-order valence-electron chi connectivity index (χ4n) is 2.67. The number of hydrogen-bond acceptors (Lipinski definition) is 5. The number of rotatable bonds is 5. The summed E-state index contributed by atoms with van der Waals surface area (Å²) in [5.41, 5.74) is 5.21. The van der Waals surface area contributed by atoms with Crippen molar-refractivity contribution in [3.8, 4) is 11.3 Å². The highest BCUT2D eigenvalue weighted by molar-refractivity contribution is 5.92. The van der Waals surface area contributed by atoms with Gasteiger partial charge in [-0.05, 0) is 36.8 Å². The predicted molar refractivity (Wildman–Crippen MR) is 96.3 cm³/mol. The van der Waals surface area contributed by atoms with Crippen LogP contribution in [0.2, 0.25) is 0 Å². The number of carbonyl (C=O) groups is 1. The third kappa shape index (κ3) is 3.68. The Morgan fingerprint density at radius 2 is 2.16 bits per heavy atom. The summed E-state index contributed by atoms with van der Waals surface area (Å²) < 4.78 is 6.61. The van der Waals surface area contributed by atoms with Gasteiger partial charge in [-0.2, -0.15) is 5.10 Å². The standard InChI is InChI=1S/C19H20N4O2/c1-13-6-7-16(9-17(13)19(24)25-3)21-11-15-12-23(2)22-18(15)14-5-4-8-20-10-14/h4-10,12,21H,11H2,1-3H3. The molecule has 3 rings (SSSR count). The van der Waals surface area contributed by atoms with Crippen molar-refractivity contribution in [2.24, 2.45) is 7.05 Å². The van der Waals surface area contributed by atoms with E-state index in [0.29, 0.717) is 12.1 Å². The van der Waals surface area contributed by atoms with Crippen LogP contribution in [0.4, 0.5) is 5.69 Å². The molecule has 3 aromatic rings. The van der Waals surface area contributed by atoms with Crippen LogP contribution in [-0.4, -0.2) is 27.8 Å². The number of aromatic nitrogens is 3. The van der Waals surface area contributed by atoms with E-state index in [-0.39, 0.29) is 5.97 Å². The first-order valence-electron chi connectivity index (χ1n) is 7.94. The van der Waals surface area contributed by atoms with Gasteiger partial charge >= 0.3 is 5.97 Å². The second-order valence-electron chi connectivity index (χ2n) is 5.79. The first-order chi connectivity index (χ1) is 12.1. The SMILES string of the molecule is COC(=O)c1cc(NCc2cn(C)nc2-c2cccnc2)ccc1C. The number of ether oxygens (including phenoxy) is 1. The van der Waals surface area contributed by atoms with Crippen molar-refractivity contribution < 1.29 is 9.53 Å². The Labute approximate surface area is 146 Å². The molecule has 0 atom stereocenters. The molecule has 128 valence electrons. The average Bonchev–Trinajstić information content (AvgIpc) is 3.02. The van der Waals surface area contributed by atoms with E-state index in [0.717, 1.165) is 28.1 Å². The number of methoxy groups -OCH3 is 1. The van der Waals surface area contributed by atoms with Crippen molar-refractivity contribution in [2.75, 3.05) is 12.4 Å². The van der Waals surface area contributed by atoms with Crippen molar-refractivity contribution in [3.63, 3.8) is 0 Å². The number of aryl methyl sites for hydroxylation is 2. The lowest BCUT2D eigenvalue weighted by atomic mass is 10.1. The van der Waals surface area contributed by atoms with Crippen molar-refractivity contribution in [2.45, 2.75) is 13.5 Å². The second kappa shape index (κ2) is 7.17. The quantitative estimate of drug-likeness (QED) is 0.725. The molecule has 0 aliphatic rings. The Morgan fingerprint density at radius 3 is 2.88 bits per heavy atom. The van der Waals surface area contributed by atoms with E-state index in [1.807, 2.05) is 44.4 Å². The van der Waals surface area contributed by atoms with E-state index < -0.39 is 0 Å². The first kappa shape index (κ1) is 16.7. The number of nitrogens with one attached hydrogen (secondary N) is 1. The Kier molecular flexibility index (Phi) is 4.79. The Morgan fingerprint density at radius 1 is 1.32 bits per heavy atom. The minimum absolute atomic E-state index is 0.335. The van der Waals surface area contributed by atoms with E-state index >= 15 is 0 Å². The van der Waals surface area contributed by atoms with E-state index in [1.54, 1.807) is 23.1 Å². The van der Waals surface area contributed by atoms with Gasteiger partial charge in [-0.25, -0.2) is 4.79 Å². The summed E-state index contributed by atoms with van der Waals surface area (Å²) in [5.74, 6) is -0.335. The largest absolute Gasteiger partial charge is 0.465 e. The topological polar surface area (TPSA) is 69.0 Å². The molecule has 0 aliphatic carbocycles. The summed E-state index contributed by atoms with van der Waals surface area (Å²) in [5, 5.41) is 7.88. The monoisotopic (exact) mass is 336 g/mol. The highest BCUT2D eigenvalue weighted by Gasteiger charge is 2.12. The summed E-state index contributed by atoms with van der Waals surface area (Å²) in [4.78, 5) is 16.0. The number of pyridine rings is 1. The molecule has 0 aliphatic heterocycles. The zero-order chi connectivity index (χ0) is 17.8. The van der Waals surface area contributed by atoms with Gasteiger partial charge in [0.1, 0.15) is 0 Å². The van der Waals surface area contributed by atoms with Crippen LogP contribution in [0.5, 0.6) is 0 Å². The summed E-state index contributed by atoms with van der Waals surface area (Å²) in [7, 11) is 3.28. The van der Waals surface area contributed by atoms with Crippen LogP contribution >= 0.6 is 0 Å². The summed E-state index contributed by atoms with van der Waals surface area (Å²) in [6.45, 7) is 2.47. The van der Waals surface area contributed by atoms with E-state index in [9.17, 15) is 4.79 Å². The van der Waals surface area contributed by atoms with Crippen LogP contribution in [0.25, 0.3) is 11.3 Å². The van der Waals surface area contributed by atoms with Crippen molar-refractivity contribution >= 4 is 11.7 Å². The maximum Gasteiger partial charge on any atom is 0.338 e. The average molecular weight is 336 g/mol. The molecule has 1 aromatic carbocycles. The van der Waals surface area contributed by atoms with E-state index in [2.05, 4.69) is 15.4 Å². The number of benzene rings is 1.